The molecular weight excluding hydrogens is 255 g/mol. The minimum Gasteiger partial charge on any atom is -0.465 e. The van der Waals surface area contributed by atoms with Crippen molar-refractivity contribution in [1.82, 2.24) is 10.4 Å². The highest BCUT2D eigenvalue weighted by Crippen LogP contribution is 2.18. The molecule has 0 bridgehead atoms. The Bertz CT molecular complexity index is 493. The van der Waals surface area contributed by atoms with Crippen molar-refractivity contribution >= 4 is 12.0 Å². The Kier molecular flexibility index (Phi) is 4.82. The van der Waals surface area contributed by atoms with Gasteiger partial charge < -0.3 is 10.4 Å². The molecule has 0 aromatic heterocycles. The van der Waals surface area contributed by atoms with Crippen LogP contribution in [0.25, 0.3) is 0 Å². The number of amides is 2. The van der Waals surface area contributed by atoms with Gasteiger partial charge in [0.25, 0.3) is 5.91 Å². The Morgan fingerprint density at radius 1 is 1.47 bits per heavy atom. The summed E-state index contributed by atoms with van der Waals surface area (Å²) < 4.78 is 13.5. The molecule has 0 saturated heterocycles. The minimum absolute atomic E-state index is 0.208. The Labute approximate surface area is 109 Å². The van der Waals surface area contributed by atoms with Crippen LogP contribution >= 0.6 is 0 Å². The van der Waals surface area contributed by atoms with Gasteiger partial charge in [0, 0.05) is 7.05 Å². The van der Waals surface area contributed by atoms with Crippen molar-refractivity contribution in [1.29, 1.82) is 0 Å². The first-order valence-corrected chi connectivity index (χ1v) is 5.44. The Morgan fingerprint density at radius 2 is 2.11 bits per heavy atom. The third kappa shape index (κ3) is 3.65. The molecule has 0 aliphatic heterocycles. The molecule has 2 amide bonds. The molecule has 1 unspecified atom stereocenters. The van der Waals surface area contributed by atoms with Gasteiger partial charge in [-0.3, -0.25) is 9.63 Å². The zero-order valence-corrected chi connectivity index (χ0v) is 10.8. The maximum absolute atomic E-state index is 13.5. The Hall–Kier alpha value is -2.15. The largest absolute Gasteiger partial charge is 0.465 e. The first kappa shape index (κ1) is 14.9. The van der Waals surface area contributed by atoms with Crippen LogP contribution in [0.2, 0.25) is 0 Å². The third-order valence-corrected chi connectivity index (χ3v) is 2.63. The van der Waals surface area contributed by atoms with Gasteiger partial charge in [0.15, 0.2) is 0 Å². The molecule has 7 heteroatoms. The standard InChI is InChI=1S/C12H15FN2O4/c1-7-4-5-8(6-9(7)13)10(14-12(17)18)11(16)15(2)19-3/h4-6,10,14H,1-3H3,(H,17,18). The highest BCUT2D eigenvalue weighted by atomic mass is 19.1. The number of carbonyl (C=O) groups is 2. The van der Waals surface area contributed by atoms with Crippen LogP contribution in [0.3, 0.4) is 0 Å². The van der Waals surface area contributed by atoms with Gasteiger partial charge in [0.05, 0.1) is 7.11 Å². The van der Waals surface area contributed by atoms with Gasteiger partial charge in [-0.1, -0.05) is 12.1 Å². The summed E-state index contributed by atoms with van der Waals surface area (Å²) in [5, 5.41) is 11.7. The number of hydrogen-bond donors (Lipinski definition) is 2. The fraction of sp³-hybridized carbons (Fsp3) is 0.333. The van der Waals surface area contributed by atoms with Crippen LogP contribution in [0.4, 0.5) is 9.18 Å². The fourth-order valence-corrected chi connectivity index (χ4v) is 1.47. The van der Waals surface area contributed by atoms with E-state index in [9.17, 15) is 14.0 Å². The Morgan fingerprint density at radius 3 is 2.58 bits per heavy atom. The summed E-state index contributed by atoms with van der Waals surface area (Å²) >= 11 is 0. The van der Waals surface area contributed by atoms with E-state index in [0.717, 1.165) is 11.1 Å². The molecular formula is C12H15FN2O4. The van der Waals surface area contributed by atoms with Crippen molar-refractivity contribution in [3.63, 3.8) is 0 Å². The van der Waals surface area contributed by atoms with Crippen LogP contribution in [0.1, 0.15) is 17.2 Å². The van der Waals surface area contributed by atoms with Crippen LogP contribution in [-0.2, 0) is 9.63 Å². The second-order valence-corrected chi connectivity index (χ2v) is 3.91. The van der Waals surface area contributed by atoms with E-state index >= 15 is 0 Å². The van der Waals surface area contributed by atoms with E-state index in [0.29, 0.717) is 5.56 Å². The number of rotatable bonds is 4. The maximum atomic E-state index is 13.5. The zero-order valence-electron chi connectivity index (χ0n) is 10.8. The predicted octanol–water partition coefficient (Wildman–Crippen LogP) is 1.46. The minimum atomic E-state index is -1.39. The molecule has 0 aliphatic rings. The number of carbonyl (C=O) groups excluding carboxylic acids is 1. The summed E-state index contributed by atoms with van der Waals surface area (Å²) in [4.78, 5) is 27.4. The lowest BCUT2D eigenvalue weighted by Crippen LogP contribution is -2.40. The smallest absolute Gasteiger partial charge is 0.405 e. The summed E-state index contributed by atoms with van der Waals surface area (Å²) in [5.41, 5.74) is 0.616. The summed E-state index contributed by atoms with van der Waals surface area (Å²) in [5.74, 6) is -1.16. The SMILES string of the molecule is CON(C)C(=O)C(NC(=O)O)c1ccc(C)c(F)c1. The van der Waals surface area contributed by atoms with Crippen LogP contribution in [-0.4, -0.2) is 36.3 Å². The number of benzene rings is 1. The molecule has 0 heterocycles. The van der Waals surface area contributed by atoms with Gasteiger partial charge in [0.2, 0.25) is 0 Å². The molecule has 0 saturated carbocycles. The second-order valence-electron chi connectivity index (χ2n) is 3.91. The quantitative estimate of drug-likeness (QED) is 0.812. The molecule has 0 spiro atoms. The molecule has 1 rings (SSSR count). The fourth-order valence-electron chi connectivity index (χ4n) is 1.47. The van der Waals surface area contributed by atoms with Crippen LogP contribution in [0.5, 0.6) is 0 Å². The normalized spacial score (nSPS) is 11.8. The molecule has 19 heavy (non-hydrogen) atoms. The van der Waals surface area contributed by atoms with Gasteiger partial charge in [0.1, 0.15) is 11.9 Å². The van der Waals surface area contributed by atoms with Crippen molar-refractivity contribution in [2.45, 2.75) is 13.0 Å². The molecule has 0 radical (unpaired) electrons. The maximum Gasteiger partial charge on any atom is 0.405 e. The number of halogens is 1. The van der Waals surface area contributed by atoms with Crippen molar-refractivity contribution in [3.05, 3.63) is 35.1 Å². The van der Waals surface area contributed by atoms with Crippen molar-refractivity contribution in [3.8, 4) is 0 Å². The summed E-state index contributed by atoms with van der Waals surface area (Å²) in [6, 6.07) is 2.86. The van der Waals surface area contributed by atoms with E-state index in [1.807, 2.05) is 5.32 Å². The van der Waals surface area contributed by atoms with E-state index in [1.54, 1.807) is 6.92 Å². The van der Waals surface area contributed by atoms with E-state index < -0.39 is 23.9 Å². The van der Waals surface area contributed by atoms with Crippen LogP contribution in [0, 0.1) is 12.7 Å². The molecule has 104 valence electrons. The second kappa shape index (κ2) is 6.14. The molecule has 1 aromatic carbocycles. The molecule has 0 aliphatic carbocycles. The summed E-state index contributed by atoms with van der Waals surface area (Å²) in [6.45, 7) is 1.57. The molecule has 1 atom stereocenters. The average Bonchev–Trinajstić information content (AvgIpc) is 2.37. The number of nitrogens with zero attached hydrogens (tertiary/aromatic N) is 1. The number of likely N-dealkylation sites (N-methyl/N-ethyl adjacent to an activating group) is 1. The lowest BCUT2D eigenvalue weighted by Gasteiger charge is -2.22. The average molecular weight is 270 g/mol. The van der Waals surface area contributed by atoms with Crippen LogP contribution < -0.4 is 5.32 Å². The number of aryl methyl sites for hydroxylation is 1. The molecule has 2 N–H and O–H groups in total. The van der Waals surface area contributed by atoms with E-state index in [-0.39, 0.29) is 5.56 Å². The van der Waals surface area contributed by atoms with Crippen molar-refractivity contribution < 1.29 is 23.9 Å². The topological polar surface area (TPSA) is 78.9 Å². The van der Waals surface area contributed by atoms with Crippen molar-refractivity contribution in [2.75, 3.05) is 14.2 Å². The predicted molar refractivity (Wildman–Crippen MR) is 64.8 cm³/mol. The number of hydrogen-bond acceptors (Lipinski definition) is 3. The van der Waals surface area contributed by atoms with E-state index in [2.05, 4.69) is 0 Å². The highest BCUT2D eigenvalue weighted by molar-refractivity contribution is 5.85. The van der Waals surface area contributed by atoms with E-state index in [1.165, 1.54) is 26.3 Å². The highest BCUT2D eigenvalue weighted by Gasteiger charge is 2.26. The number of hydroxylamine groups is 2. The van der Waals surface area contributed by atoms with Gasteiger partial charge in [-0.05, 0) is 24.1 Å². The number of carboxylic acid groups (broad SMARTS) is 1. The van der Waals surface area contributed by atoms with Crippen molar-refractivity contribution in [2.24, 2.45) is 0 Å². The van der Waals surface area contributed by atoms with Crippen LogP contribution in [0.15, 0.2) is 18.2 Å². The Balaban J connectivity index is 3.12. The zero-order chi connectivity index (χ0) is 14.6. The molecule has 1 aromatic rings. The van der Waals surface area contributed by atoms with Gasteiger partial charge in [-0.15, -0.1) is 0 Å². The molecule has 0 fully saturated rings. The third-order valence-electron chi connectivity index (χ3n) is 2.63. The summed E-state index contributed by atoms with van der Waals surface area (Å²) in [6.07, 6.45) is -1.39. The van der Waals surface area contributed by atoms with E-state index in [4.69, 9.17) is 9.94 Å². The first-order chi connectivity index (χ1) is 8.86. The molecule has 6 nitrogen and oxygen atoms in total. The summed E-state index contributed by atoms with van der Waals surface area (Å²) in [7, 11) is 2.61. The van der Waals surface area contributed by atoms with Gasteiger partial charge >= 0.3 is 6.09 Å². The van der Waals surface area contributed by atoms with Gasteiger partial charge in [-0.2, -0.15) is 0 Å². The number of nitrogens with one attached hydrogen (secondary N) is 1. The lowest BCUT2D eigenvalue weighted by molar-refractivity contribution is -0.171. The first-order valence-electron chi connectivity index (χ1n) is 5.44. The lowest BCUT2D eigenvalue weighted by atomic mass is 10.0. The monoisotopic (exact) mass is 270 g/mol. The van der Waals surface area contributed by atoms with Gasteiger partial charge in [-0.25, -0.2) is 14.2 Å².